The molecule has 134 valence electrons. The largest absolute Gasteiger partial charge is 0.504 e. The number of phenols is 1. The number of phenolic OH excluding ortho intramolecular Hbond substituents is 1. The molecule has 1 aromatic heterocycles. The van der Waals surface area contributed by atoms with Gasteiger partial charge < -0.3 is 15.2 Å². The maximum Gasteiger partial charge on any atom is 0.163 e. The number of rotatable bonds is 4. The highest BCUT2D eigenvalue weighted by Crippen LogP contribution is 2.41. The Hall–Kier alpha value is -1.05. The number of ether oxygens (including phenoxy) is 1. The van der Waals surface area contributed by atoms with Gasteiger partial charge in [-0.1, -0.05) is 6.07 Å². The Kier molecular flexibility index (Phi) is 8.26. The van der Waals surface area contributed by atoms with E-state index in [1.54, 1.807) is 11.3 Å². The number of halogens is 3. The van der Waals surface area contributed by atoms with Crippen LogP contribution in [-0.4, -0.2) is 43.3 Å². The second kappa shape index (κ2) is 9.44. The predicted octanol–water partition coefficient (Wildman–Crippen LogP) is 3.44. The molecule has 2 heterocycles. The van der Waals surface area contributed by atoms with E-state index >= 15 is 0 Å². The summed E-state index contributed by atoms with van der Waals surface area (Å²) in [4.78, 5) is 3.35. The number of methoxy groups -OCH3 is 1. The highest BCUT2D eigenvalue weighted by molar-refractivity contribution is 7.10. The van der Waals surface area contributed by atoms with Crippen molar-refractivity contribution in [2.75, 3.05) is 33.3 Å². The second-order valence-corrected chi connectivity index (χ2v) is 6.23. The second-order valence-electron chi connectivity index (χ2n) is 5.25. The minimum atomic E-state index is -0.402. The molecule has 1 atom stereocenters. The van der Waals surface area contributed by atoms with Crippen LogP contribution in [0.3, 0.4) is 0 Å². The lowest BCUT2D eigenvalue weighted by Gasteiger charge is -2.35. The zero-order valence-corrected chi connectivity index (χ0v) is 15.6. The zero-order chi connectivity index (χ0) is 15.5. The predicted molar refractivity (Wildman–Crippen MR) is 99.7 cm³/mol. The Morgan fingerprint density at radius 3 is 2.58 bits per heavy atom. The summed E-state index contributed by atoms with van der Waals surface area (Å²) in [5, 5.41) is 15.8. The normalized spacial score (nSPS) is 15.9. The number of thiophene rings is 1. The van der Waals surface area contributed by atoms with Gasteiger partial charge in [0, 0.05) is 42.7 Å². The van der Waals surface area contributed by atoms with Crippen LogP contribution in [0.2, 0.25) is 0 Å². The molecule has 1 aliphatic heterocycles. The third-order valence-electron chi connectivity index (χ3n) is 3.91. The van der Waals surface area contributed by atoms with E-state index < -0.39 is 5.82 Å². The molecule has 0 unspecified atom stereocenters. The van der Waals surface area contributed by atoms with E-state index in [0.29, 0.717) is 5.56 Å². The smallest absolute Gasteiger partial charge is 0.163 e. The van der Waals surface area contributed by atoms with Gasteiger partial charge >= 0.3 is 0 Å². The van der Waals surface area contributed by atoms with E-state index in [2.05, 4.69) is 10.2 Å². The fraction of sp³-hybridized carbons (Fsp3) is 0.375. The molecular weight excluding hydrogens is 374 g/mol. The van der Waals surface area contributed by atoms with Crippen molar-refractivity contribution in [1.82, 2.24) is 10.2 Å². The van der Waals surface area contributed by atoms with Crippen LogP contribution in [0, 0.1) is 5.82 Å². The number of hydrogen-bond acceptors (Lipinski definition) is 5. The fourth-order valence-electron chi connectivity index (χ4n) is 2.88. The van der Waals surface area contributed by atoms with Gasteiger partial charge in [0.1, 0.15) is 5.82 Å². The molecule has 2 aromatic rings. The molecule has 0 bridgehead atoms. The lowest BCUT2D eigenvalue weighted by atomic mass is 10.0. The Morgan fingerprint density at radius 2 is 2.00 bits per heavy atom. The average Bonchev–Trinajstić information content (AvgIpc) is 3.05. The van der Waals surface area contributed by atoms with Crippen LogP contribution in [0.4, 0.5) is 4.39 Å². The molecule has 3 rings (SSSR count). The van der Waals surface area contributed by atoms with E-state index in [4.69, 9.17) is 4.74 Å². The highest BCUT2D eigenvalue weighted by Gasteiger charge is 2.28. The molecule has 1 aliphatic rings. The summed E-state index contributed by atoms with van der Waals surface area (Å²) in [6.07, 6.45) is 0. The molecule has 1 fully saturated rings. The van der Waals surface area contributed by atoms with Crippen molar-refractivity contribution in [3.63, 3.8) is 0 Å². The van der Waals surface area contributed by atoms with Crippen molar-refractivity contribution < 1.29 is 14.2 Å². The Morgan fingerprint density at radius 1 is 1.29 bits per heavy atom. The van der Waals surface area contributed by atoms with E-state index in [9.17, 15) is 9.50 Å². The molecule has 8 heteroatoms. The standard InChI is InChI=1S/C16H19FN2O2S.2ClH/c1-21-13-10-11(17)9-12(16(13)20)15(14-3-2-8-22-14)19-6-4-18-5-7-19;;/h2-3,8-10,15,18,20H,4-7H2,1H3;2*1H/t15-;;/m1../s1. The monoisotopic (exact) mass is 394 g/mol. The quantitative estimate of drug-likeness (QED) is 0.833. The van der Waals surface area contributed by atoms with Gasteiger partial charge in [0.15, 0.2) is 11.5 Å². The molecule has 2 N–H and O–H groups in total. The molecule has 0 saturated carbocycles. The number of aromatic hydroxyl groups is 1. The number of hydrogen-bond donors (Lipinski definition) is 2. The maximum atomic E-state index is 13.9. The first-order valence-electron chi connectivity index (χ1n) is 7.25. The van der Waals surface area contributed by atoms with Crippen molar-refractivity contribution >= 4 is 36.2 Å². The first kappa shape index (κ1) is 21.0. The van der Waals surface area contributed by atoms with Gasteiger partial charge in [-0.15, -0.1) is 36.2 Å². The van der Waals surface area contributed by atoms with E-state index in [-0.39, 0.29) is 42.4 Å². The average molecular weight is 395 g/mol. The van der Waals surface area contributed by atoms with Crippen molar-refractivity contribution in [3.05, 3.63) is 45.9 Å². The van der Waals surface area contributed by atoms with Crippen LogP contribution in [0.5, 0.6) is 11.5 Å². The molecule has 1 aromatic carbocycles. The first-order chi connectivity index (χ1) is 10.7. The molecule has 0 radical (unpaired) electrons. The maximum absolute atomic E-state index is 13.9. The lowest BCUT2D eigenvalue weighted by Crippen LogP contribution is -2.45. The summed E-state index contributed by atoms with van der Waals surface area (Å²) in [6, 6.07) is 6.45. The minimum Gasteiger partial charge on any atom is -0.504 e. The number of benzene rings is 1. The van der Waals surface area contributed by atoms with Crippen molar-refractivity contribution in [3.8, 4) is 11.5 Å². The van der Waals surface area contributed by atoms with Crippen molar-refractivity contribution in [2.45, 2.75) is 6.04 Å². The van der Waals surface area contributed by atoms with Gasteiger partial charge in [-0.2, -0.15) is 0 Å². The van der Waals surface area contributed by atoms with Gasteiger partial charge in [-0.25, -0.2) is 4.39 Å². The zero-order valence-electron chi connectivity index (χ0n) is 13.2. The summed E-state index contributed by atoms with van der Waals surface area (Å²) >= 11 is 1.61. The molecule has 4 nitrogen and oxygen atoms in total. The number of piperazine rings is 1. The molecule has 24 heavy (non-hydrogen) atoms. The molecular formula is C16H21Cl2FN2O2S. The highest BCUT2D eigenvalue weighted by atomic mass is 35.5. The summed E-state index contributed by atoms with van der Waals surface area (Å²) in [7, 11) is 1.43. The summed E-state index contributed by atoms with van der Waals surface area (Å²) in [6.45, 7) is 3.46. The van der Waals surface area contributed by atoms with Gasteiger partial charge in [0.25, 0.3) is 0 Å². The van der Waals surface area contributed by atoms with Gasteiger partial charge in [-0.05, 0) is 17.5 Å². The Bertz CT molecular complexity index is 637. The third kappa shape index (κ3) is 4.32. The van der Waals surface area contributed by atoms with Gasteiger partial charge in [0.05, 0.1) is 13.2 Å². The van der Waals surface area contributed by atoms with E-state index in [1.165, 1.54) is 19.2 Å². The first-order valence-corrected chi connectivity index (χ1v) is 8.13. The summed E-state index contributed by atoms with van der Waals surface area (Å²) < 4.78 is 19.0. The van der Waals surface area contributed by atoms with Crippen LogP contribution < -0.4 is 10.1 Å². The third-order valence-corrected chi connectivity index (χ3v) is 4.84. The van der Waals surface area contributed by atoms with Crippen LogP contribution >= 0.6 is 36.2 Å². The fourth-order valence-corrected chi connectivity index (χ4v) is 3.75. The van der Waals surface area contributed by atoms with Crippen LogP contribution in [0.1, 0.15) is 16.5 Å². The molecule has 1 saturated heterocycles. The Labute approximate surface area is 157 Å². The molecule has 0 aliphatic carbocycles. The van der Waals surface area contributed by atoms with E-state index in [1.807, 2.05) is 17.5 Å². The van der Waals surface area contributed by atoms with Crippen molar-refractivity contribution in [1.29, 1.82) is 0 Å². The minimum absolute atomic E-state index is 0. The van der Waals surface area contributed by atoms with Gasteiger partial charge in [0.2, 0.25) is 0 Å². The van der Waals surface area contributed by atoms with Crippen LogP contribution in [-0.2, 0) is 0 Å². The summed E-state index contributed by atoms with van der Waals surface area (Å²) in [5.41, 5.74) is 0.557. The number of nitrogens with zero attached hydrogens (tertiary/aromatic N) is 1. The van der Waals surface area contributed by atoms with Gasteiger partial charge in [-0.3, -0.25) is 4.90 Å². The van der Waals surface area contributed by atoms with Crippen LogP contribution in [0.25, 0.3) is 0 Å². The topological polar surface area (TPSA) is 44.7 Å². The van der Waals surface area contributed by atoms with Crippen molar-refractivity contribution in [2.24, 2.45) is 0 Å². The van der Waals surface area contributed by atoms with E-state index in [0.717, 1.165) is 31.1 Å². The molecule has 0 spiro atoms. The summed E-state index contributed by atoms with van der Waals surface area (Å²) in [5.74, 6) is -0.214. The Balaban J connectivity index is 0.00000144. The SMILES string of the molecule is COc1cc(F)cc([C@H](c2cccs2)N2CCNCC2)c1O.Cl.Cl. The molecule has 0 amide bonds. The lowest BCUT2D eigenvalue weighted by molar-refractivity contribution is 0.197. The number of nitrogens with one attached hydrogen (secondary N) is 1. The van der Waals surface area contributed by atoms with Crippen LogP contribution in [0.15, 0.2) is 29.6 Å².